The van der Waals surface area contributed by atoms with Crippen LogP contribution in [0.3, 0.4) is 0 Å². The predicted octanol–water partition coefficient (Wildman–Crippen LogP) is 3.57. The fourth-order valence-electron chi connectivity index (χ4n) is 2.24. The number of methoxy groups -OCH3 is 1. The topological polar surface area (TPSA) is 26.2 Å². The third kappa shape index (κ3) is 3.85. The van der Waals surface area contributed by atoms with Crippen molar-refractivity contribution in [2.75, 3.05) is 20.3 Å². The molecule has 1 aromatic carbocycles. The van der Waals surface area contributed by atoms with Gasteiger partial charge in [-0.05, 0) is 55.8 Å². The Kier molecular flexibility index (Phi) is 5.65. The molecule has 3 nitrogen and oxygen atoms in total. The summed E-state index contributed by atoms with van der Waals surface area (Å²) >= 11 is 6.02. The van der Waals surface area contributed by atoms with E-state index in [1.807, 2.05) is 12.1 Å². The largest absolute Gasteiger partial charge is 0.385 e. The van der Waals surface area contributed by atoms with Crippen molar-refractivity contribution in [3.63, 3.8) is 0 Å². The van der Waals surface area contributed by atoms with Crippen molar-refractivity contribution in [2.24, 2.45) is 0 Å². The third-order valence-electron chi connectivity index (χ3n) is 3.26. The third-order valence-corrected chi connectivity index (χ3v) is 3.49. The molecule has 0 aliphatic heterocycles. The van der Waals surface area contributed by atoms with E-state index in [2.05, 4.69) is 41.2 Å². The van der Waals surface area contributed by atoms with E-state index in [0.29, 0.717) is 0 Å². The number of ether oxygens (including phenoxy) is 1. The van der Waals surface area contributed by atoms with Crippen LogP contribution in [0.5, 0.6) is 0 Å². The van der Waals surface area contributed by atoms with Gasteiger partial charge in [0.1, 0.15) is 0 Å². The Labute approximate surface area is 125 Å². The van der Waals surface area contributed by atoms with Crippen LogP contribution in [-0.4, -0.2) is 24.8 Å². The molecule has 0 aliphatic rings. The highest BCUT2D eigenvalue weighted by Gasteiger charge is 2.06. The average molecular weight is 293 g/mol. The van der Waals surface area contributed by atoms with E-state index in [9.17, 15) is 0 Å². The van der Waals surface area contributed by atoms with E-state index in [0.717, 1.165) is 31.1 Å². The Morgan fingerprint density at radius 3 is 2.90 bits per heavy atom. The van der Waals surface area contributed by atoms with Crippen molar-refractivity contribution in [1.82, 2.24) is 9.88 Å². The van der Waals surface area contributed by atoms with Crippen LogP contribution >= 0.6 is 11.6 Å². The Balaban J connectivity index is 2.04. The van der Waals surface area contributed by atoms with Gasteiger partial charge in [-0.2, -0.15) is 0 Å². The van der Waals surface area contributed by atoms with Gasteiger partial charge in [0.15, 0.2) is 0 Å². The van der Waals surface area contributed by atoms with Crippen molar-refractivity contribution < 1.29 is 4.74 Å². The molecule has 0 saturated heterocycles. The second-order valence-electron chi connectivity index (χ2n) is 4.82. The molecule has 0 amide bonds. The fraction of sp³-hybridized carbons (Fsp3) is 0.375. The Morgan fingerprint density at radius 2 is 2.15 bits per heavy atom. The number of nitrogens with zero attached hydrogens (tertiary/aromatic N) is 1. The summed E-state index contributed by atoms with van der Waals surface area (Å²) in [5.74, 6) is 0. The first-order valence-electron chi connectivity index (χ1n) is 6.85. The zero-order chi connectivity index (χ0) is 14.4. The van der Waals surface area contributed by atoms with Crippen LogP contribution in [0.15, 0.2) is 36.5 Å². The van der Waals surface area contributed by atoms with Crippen molar-refractivity contribution >= 4 is 11.6 Å². The lowest BCUT2D eigenvalue weighted by atomic mass is 10.2. The van der Waals surface area contributed by atoms with Gasteiger partial charge in [-0.1, -0.05) is 11.6 Å². The highest BCUT2D eigenvalue weighted by Crippen LogP contribution is 2.20. The summed E-state index contributed by atoms with van der Waals surface area (Å²) < 4.78 is 7.24. The first-order chi connectivity index (χ1) is 9.72. The molecule has 4 heteroatoms. The Morgan fingerprint density at radius 1 is 1.30 bits per heavy atom. The number of aromatic nitrogens is 1. The lowest BCUT2D eigenvalue weighted by Crippen LogP contribution is -2.18. The molecule has 2 aromatic rings. The molecule has 2 rings (SSSR count). The SMILES string of the molecule is COCCCNCc1cccn1-c1ccc(Cl)cc1C. The van der Waals surface area contributed by atoms with E-state index in [4.69, 9.17) is 16.3 Å². The predicted molar refractivity (Wildman–Crippen MR) is 83.7 cm³/mol. The van der Waals surface area contributed by atoms with Gasteiger partial charge in [0.05, 0.1) is 0 Å². The van der Waals surface area contributed by atoms with Crippen molar-refractivity contribution in [1.29, 1.82) is 0 Å². The quantitative estimate of drug-likeness (QED) is 0.790. The highest BCUT2D eigenvalue weighted by atomic mass is 35.5. The molecule has 0 aliphatic carbocycles. The van der Waals surface area contributed by atoms with E-state index < -0.39 is 0 Å². The van der Waals surface area contributed by atoms with Crippen molar-refractivity contribution in [3.8, 4) is 5.69 Å². The molecular weight excluding hydrogens is 272 g/mol. The first-order valence-corrected chi connectivity index (χ1v) is 7.22. The maximum atomic E-state index is 6.02. The van der Waals surface area contributed by atoms with Crippen LogP contribution in [-0.2, 0) is 11.3 Å². The summed E-state index contributed by atoms with van der Waals surface area (Å²) in [5.41, 5.74) is 3.59. The number of nitrogens with one attached hydrogen (secondary N) is 1. The summed E-state index contributed by atoms with van der Waals surface area (Å²) in [6.45, 7) is 4.68. The number of rotatable bonds is 7. The first kappa shape index (κ1) is 15.1. The lowest BCUT2D eigenvalue weighted by Gasteiger charge is -2.13. The molecule has 1 heterocycles. The number of benzene rings is 1. The number of halogens is 1. The van der Waals surface area contributed by atoms with Gasteiger partial charge >= 0.3 is 0 Å². The van der Waals surface area contributed by atoms with E-state index in [1.165, 1.54) is 16.9 Å². The summed E-state index contributed by atoms with van der Waals surface area (Å²) in [6, 6.07) is 10.2. The van der Waals surface area contributed by atoms with Gasteiger partial charge in [0, 0.05) is 42.9 Å². The fourth-order valence-corrected chi connectivity index (χ4v) is 2.47. The summed E-state index contributed by atoms with van der Waals surface area (Å²) in [6.07, 6.45) is 3.11. The zero-order valence-electron chi connectivity index (χ0n) is 12.0. The molecule has 0 spiro atoms. The summed E-state index contributed by atoms with van der Waals surface area (Å²) in [7, 11) is 1.73. The number of aryl methyl sites for hydroxylation is 1. The van der Waals surface area contributed by atoms with Crippen LogP contribution in [0.1, 0.15) is 17.7 Å². The van der Waals surface area contributed by atoms with E-state index >= 15 is 0 Å². The minimum Gasteiger partial charge on any atom is -0.385 e. The van der Waals surface area contributed by atoms with Crippen LogP contribution in [0.25, 0.3) is 5.69 Å². The number of hydrogen-bond acceptors (Lipinski definition) is 2. The second-order valence-corrected chi connectivity index (χ2v) is 5.26. The molecule has 20 heavy (non-hydrogen) atoms. The van der Waals surface area contributed by atoms with Crippen LogP contribution < -0.4 is 5.32 Å². The maximum Gasteiger partial charge on any atom is 0.0483 e. The summed E-state index contributed by atoms with van der Waals surface area (Å²) in [4.78, 5) is 0. The molecule has 0 fully saturated rings. The van der Waals surface area contributed by atoms with Gasteiger partial charge < -0.3 is 14.6 Å². The smallest absolute Gasteiger partial charge is 0.0483 e. The number of hydrogen-bond donors (Lipinski definition) is 1. The molecule has 0 bridgehead atoms. The second kappa shape index (κ2) is 7.48. The van der Waals surface area contributed by atoms with Crippen LogP contribution in [0.4, 0.5) is 0 Å². The molecule has 1 N–H and O–H groups in total. The molecule has 0 saturated carbocycles. The van der Waals surface area contributed by atoms with Crippen molar-refractivity contribution in [3.05, 3.63) is 52.8 Å². The standard InChI is InChI=1S/C16H21ClN2O/c1-13-11-14(17)6-7-16(13)19-9-3-5-15(19)12-18-8-4-10-20-2/h3,5-7,9,11,18H,4,8,10,12H2,1-2H3. The average Bonchev–Trinajstić information content (AvgIpc) is 2.87. The zero-order valence-corrected chi connectivity index (χ0v) is 12.8. The maximum absolute atomic E-state index is 6.02. The Hall–Kier alpha value is -1.29. The Bertz CT molecular complexity index is 551. The molecule has 0 unspecified atom stereocenters. The van der Waals surface area contributed by atoms with Gasteiger partial charge in [0.2, 0.25) is 0 Å². The van der Waals surface area contributed by atoms with Gasteiger partial charge in [-0.15, -0.1) is 0 Å². The monoisotopic (exact) mass is 292 g/mol. The minimum absolute atomic E-state index is 0.776. The molecule has 0 radical (unpaired) electrons. The highest BCUT2D eigenvalue weighted by molar-refractivity contribution is 6.30. The lowest BCUT2D eigenvalue weighted by molar-refractivity contribution is 0.194. The van der Waals surface area contributed by atoms with Crippen LogP contribution in [0.2, 0.25) is 5.02 Å². The minimum atomic E-state index is 0.776. The normalized spacial score (nSPS) is 10.9. The van der Waals surface area contributed by atoms with E-state index in [-0.39, 0.29) is 0 Å². The van der Waals surface area contributed by atoms with Crippen LogP contribution in [0, 0.1) is 6.92 Å². The molecular formula is C16H21ClN2O. The van der Waals surface area contributed by atoms with Gasteiger partial charge in [0.25, 0.3) is 0 Å². The van der Waals surface area contributed by atoms with Crippen molar-refractivity contribution in [2.45, 2.75) is 19.9 Å². The van der Waals surface area contributed by atoms with Gasteiger partial charge in [-0.3, -0.25) is 0 Å². The summed E-state index contributed by atoms with van der Waals surface area (Å²) in [5, 5.41) is 4.21. The van der Waals surface area contributed by atoms with Gasteiger partial charge in [-0.25, -0.2) is 0 Å². The molecule has 108 valence electrons. The molecule has 0 atom stereocenters. The van der Waals surface area contributed by atoms with E-state index in [1.54, 1.807) is 7.11 Å². The molecule has 1 aromatic heterocycles.